The molecule has 0 amide bonds. The first-order valence-corrected chi connectivity index (χ1v) is 15.0. The third-order valence-corrected chi connectivity index (χ3v) is 8.82. The molecule has 0 bridgehead atoms. The van der Waals surface area contributed by atoms with Crippen molar-refractivity contribution in [3.63, 3.8) is 0 Å². The van der Waals surface area contributed by atoms with Crippen molar-refractivity contribution in [2.24, 2.45) is 0 Å². The van der Waals surface area contributed by atoms with Crippen molar-refractivity contribution in [3.05, 3.63) is 164 Å². The van der Waals surface area contributed by atoms with Gasteiger partial charge >= 0.3 is 0 Å². The number of nitrogens with zero attached hydrogens (tertiary/aromatic N) is 1. The lowest BCUT2D eigenvalue weighted by Crippen LogP contribution is -2.09. The lowest BCUT2D eigenvalue weighted by atomic mass is 9.93. The molecule has 0 aliphatic rings. The molecular weight excluding hydrogens is 534 g/mol. The van der Waals surface area contributed by atoms with Gasteiger partial charge in [-0.2, -0.15) is 0 Å². The molecule has 8 aromatic carbocycles. The summed E-state index contributed by atoms with van der Waals surface area (Å²) in [5, 5.41) is 9.66. The molecule has 0 spiro atoms. The topological polar surface area (TPSA) is 16.4 Å². The van der Waals surface area contributed by atoms with Gasteiger partial charge in [0.25, 0.3) is 0 Å². The van der Waals surface area contributed by atoms with Crippen molar-refractivity contribution in [2.45, 2.75) is 0 Å². The summed E-state index contributed by atoms with van der Waals surface area (Å²) in [5.74, 6) is 0. The van der Waals surface area contributed by atoms with Gasteiger partial charge in [-0.1, -0.05) is 109 Å². The Hall–Kier alpha value is -5.86. The molecule has 1 heterocycles. The van der Waals surface area contributed by atoms with E-state index in [1.807, 2.05) is 0 Å². The van der Waals surface area contributed by atoms with Crippen molar-refractivity contribution >= 4 is 71.3 Å². The van der Waals surface area contributed by atoms with Crippen LogP contribution in [0, 0.1) is 0 Å². The van der Waals surface area contributed by atoms with Crippen LogP contribution in [0.1, 0.15) is 0 Å². The summed E-state index contributed by atoms with van der Waals surface area (Å²) in [6.45, 7) is 0. The lowest BCUT2D eigenvalue weighted by molar-refractivity contribution is 0.672. The fraction of sp³-hybridized carbons (Fsp3) is 0. The zero-order valence-electron chi connectivity index (χ0n) is 23.9. The summed E-state index contributed by atoms with van der Waals surface area (Å²) in [5.41, 5.74) is 7.57. The maximum absolute atomic E-state index is 6.42. The molecule has 44 heavy (non-hydrogen) atoms. The zero-order chi connectivity index (χ0) is 29.0. The van der Waals surface area contributed by atoms with Crippen LogP contribution in [0.3, 0.4) is 0 Å². The van der Waals surface area contributed by atoms with Gasteiger partial charge < -0.3 is 9.32 Å². The molecule has 0 fully saturated rings. The van der Waals surface area contributed by atoms with Crippen LogP contribution in [-0.4, -0.2) is 0 Å². The van der Waals surface area contributed by atoms with Gasteiger partial charge in [0.15, 0.2) is 0 Å². The van der Waals surface area contributed by atoms with Crippen molar-refractivity contribution in [1.82, 2.24) is 0 Å². The van der Waals surface area contributed by atoms with Crippen LogP contribution in [0.25, 0.3) is 65.4 Å². The number of hydrogen-bond acceptors (Lipinski definition) is 2. The minimum Gasteiger partial charge on any atom is -0.455 e. The summed E-state index contributed by atoms with van der Waals surface area (Å²) in [6.07, 6.45) is 0. The highest BCUT2D eigenvalue weighted by molar-refractivity contribution is 6.16. The molecule has 0 radical (unpaired) electrons. The Morgan fingerprint density at radius 3 is 1.82 bits per heavy atom. The average Bonchev–Trinajstić information content (AvgIpc) is 3.48. The van der Waals surface area contributed by atoms with Crippen molar-refractivity contribution in [3.8, 4) is 11.1 Å². The Balaban J connectivity index is 1.19. The normalized spacial score (nSPS) is 11.6. The summed E-state index contributed by atoms with van der Waals surface area (Å²) in [6, 6.07) is 58.5. The van der Waals surface area contributed by atoms with E-state index in [1.165, 1.54) is 38.1 Å². The second-order valence-electron chi connectivity index (χ2n) is 11.4. The number of furan rings is 1. The van der Waals surface area contributed by atoms with E-state index in [0.717, 1.165) is 44.4 Å². The summed E-state index contributed by atoms with van der Waals surface area (Å²) in [7, 11) is 0. The highest BCUT2D eigenvalue weighted by Crippen LogP contribution is 2.41. The molecule has 9 rings (SSSR count). The van der Waals surface area contributed by atoms with Gasteiger partial charge in [0.05, 0.1) is 0 Å². The van der Waals surface area contributed by atoms with Crippen LogP contribution in [0.5, 0.6) is 0 Å². The number of hydrogen-bond donors (Lipinski definition) is 0. The third kappa shape index (κ3) is 3.89. The Morgan fingerprint density at radius 2 is 1.00 bits per heavy atom. The molecule has 0 saturated heterocycles. The van der Waals surface area contributed by atoms with Gasteiger partial charge in [0, 0.05) is 33.2 Å². The summed E-state index contributed by atoms with van der Waals surface area (Å²) in [4.78, 5) is 2.32. The van der Waals surface area contributed by atoms with Gasteiger partial charge in [0.2, 0.25) is 0 Å². The van der Waals surface area contributed by atoms with Crippen molar-refractivity contribution in [1.29, 1.82) is 0 Å². The molecule has 0 aliphatic carbocycles. The number of fused-ring (bicyclic) bond motifs is 8. The quantitative estimate of drug-likeness (QED) is 0.199. The number of benzene rings is 8. The summed E-state index contributed by atoms with van der Waals surface area (Å²) >= 11 is 0. The van der Waals surface area contributed by atoms with Gasteiger partial charge in [0.1, 0.15) is 11.2 Å². The first kappa shape index (κ1) is 24.7. The van der Waals surface area contributed by atoms with Crippen LogP contribution in [0.4, 0.5) is 17.1 Å². The van der Waals surface area contributed by atoms with Crippen LogP contribution < -0.4 is 4.90 Å². The Morgan fingerprint density at radius 1 is 0.364 bits per heavy atom. The second-order valence-corrected chi connectivity index (χ2v) is 11.4. The van der Waals surface area contributed by atoms with Gasteiger partial charge in [-0.15, -0.1) is 0 Å². The van der Waals surface area contributed by atoms with E-state index in [0.29, 0.717) is 0 Å². The van der Waals surface area contributed by atoms with Crippen LogP contribution in [0.15, 0.2) is 168 Å². The van der Waals surface area contributed by atoms with E-state index in [1.54, 1.807) is 0 Å². The number of para-hydroxylation sites is 1. The lowest BCUT2D eigenvalue weighted by Gasteiger charge is -2.25. The first-order valence-electron chi connectivity index (χ1n) is 15.0. The van der Waals surface area contributed by atoms with E-state index in [-0.39, 0.29) is 0 Å². The highest BCUT2D eigenvalue weighted by Gasteiger charge is 2.17. The van der Waals surface area contributed by atoms with E-state index in [9.17, 15) is 0 Å². The number of anilines is 3. The largest absolute Gasteiger partial charge is 0.455 e. The van der Waals surface area contributed by atoms with Crippen LogP contribution in [-0.2, 0) is 0 Å². The van der Waals surface area contributed by atoms with Crippen LogP contribution >= 0.6 is 0 Å². The molecule has 0 saturated carbocycles. The molecule has 2 heteroatoms. The van der Waals surface area contributed by atoms with E-state index in [4.69, 9.17) is 4.42 Å². The highest BCUT2D eigenvalue weighted by atomic mass is 16.3. The fourth-order valence-electron chi connectivity index (χ4n) is 6.74. The standard InChI is InChI=1S/C42H27NO/c1-2-12-31(13-3-1)43(33-23-25-41-40(27-33)38-24-20-28-10-4-7-15-35(28)42(38)44-41)32-21-18-29(19-22-32)39-26-30-11-5-6-14-34(30)36-16-8-9-17-37(36)39/h1-27H. The van der Waals surface area contributed by atoms with E-state index < -0.39 is 0 Å². The van der Waals surface area contributed by atoms with Gasteiger partial charge in [-0.3, -0.25) is 0 Å². The molecule has 0 N–H and O–H groups in total. The van der Waals surface area contributed by atoms with Crippen LogP contribution in [0.2, 0.25) is 0 Å². The smallest absolute Gasteiger partial charge is 0.143 e. The Labute approximate surface area is 255 Å². The minimum atomic E-state index is 0.895. The first-order chi connectivity index (χ1) is 21.8. The van der Waals surface area contributed by atoms with Crippen molar-refractivity contribution < 1.29 is 4.42 Å². The molecule has 1 aromatic heterocycles. The summed E-state index contributed by atoms with van der Waals surface area (Å²) < 4.78 is 6.42. The minimum absolute atomic E-state index is 0.895. The molecule has 0 atom stereocenters. The van der Waals surface area contributed by atoms with E-state index >= 15 is 0 Å². The third-order valence-electron chi connectivity index (χ3n) is 8.82. The molecule has 0 unspecified atom stereocenters. The molecule has 2 nitrogen and oxygen atoms in total. The Kier molecular flexibility index (Phi) is 5.54. The average molecular weight is 562 g/mol. The molecule has 9 aromatic rings. The predicted octanol–water partition coefficient (Wildman–Crippen LogP) is 12.2. The number of rotatable bonds is 4. The second kappa shape index (κ2) is 9.86. The SMILES string of the molecule is c1ccc(N(c2ccc(-c3cc4ccccc4c4ccccc34)cc2)c2ccc3oc4c5ccccc5ccc4c3c2)cc1. The maximum Gasteiger partial charge on any atom is 0.143 e. The van der Waals surface area contributed by atoms with E-state index in [2.05, 4.69) is 169 Å². The maximum atomic E-state index is 6.42. The van der Waals surface area contributed by atoms with Crippen molar-refractivity contribution in [2.75, 3.05) is 4.90 Å². The predicted molar refractivity (Wildman–Crippen MR) is 186 cm³/mol. The molecule has 0 aliphatic heterocycles. The van der Waals surface area contributed by atoms with Gasteiger partial charge in [-0.05, 0) is 92.7 Å². The fourth-order valence-corrected chi connectivity index (χ4v) is 6.74. The molecular formula is C42H27NO. The monoisotopic (exact) mass is 561 g/mol. The van der Waals surface area contributed by atoms with Gasteiger partial charge in [-0.25, -0.2) is 0 Å². The zero-order valence-corrected chi connectivity index (χ0v) is 23.9. The Bertz CT molecular complexity index is 2490. The molecule has 206 valence electrons.